The van der Waals surface area contributed by atoms with E-state index in [4.69, 9.17) is 9.84 Å². The maximum absolute atomic E-state index is 12.4. The zero-order valence-corrected chi connectivity index (χ0v) is 16.2. The summed E-state index contributed by atoms with van der Waals surface area (Å²) in [5, 5.41) is 12.1. The van der Waals surface area contributed by atoms with Crippen molar-refractivity contribution in [1.29, 1.82) is 0 Å². The van der Waals surface area contributed by atoms with Crippen LogP contribution < -0.4 is 0 Å². The SMILES string of the molecule is C=C(N=C(C)N(C)N(CCCO)C(=O)OC(C)(C)C)/C(C)=C\CC. The number of aliphatic hydroxyl groups is 1. The van der Waals surface area contributed by atoms with Crippen LogP contribution in [0.4, 0.5) is 4.79 Å². The van der Waals surface area contributed by atoms with E-state index in [0.717, 1.165) is 12.0 Å². The third kappa shape index (κ3) is 8.15. The van der Waals surface area contributed by atoms with E-state index in [2.05, 4.69) is 24.6 Å². The van der Waals surface area contributed by atoms with Gasteiger partial charge in [0, 0.05) is 20.2 Å². The average Bonchev–Trinajstić information content (AvgIpc) is 2.45. The minimum absolute atomic E-state index is 0.00557. The van der Waals surface area contributed by atoms with Crippen molar-refractivity contribution >= 4 is 11.9 Å². The molecule has 0 bridgehead atoms. The molecule has 0 atom stereocenters. The van der Waals surface area contributed by atoms with Crippen molar-refractivity contribution in [2.45, 2.75) is 60.0 Å². The van der Waals surface area contributed by atoms with E-state index < -0.39 is 11.7 Å². The Labute approximate surface area is 146 Å². The van der Waals surface area contributed by atoms with Gasteiger partial charge in [-0.05, 0) is 53.0 Å². The van der Waals surface area contributed by atoms with Gasteiger partial charge in [-0.2, -0.15) is 0 Å². The van der Waals surface area contributed by atoms with Crippen LogP contribution >= 0.6 is 0 Å². The molecule has 0 heterocycles. The quantitative estimate of drug-likeness (QED) is 0.346. The summed E-state index contributed by atoms with van der Waals surface area (Å²) in [6, 6.07) is 0. The second kappa shape index (κ2) is 10.1. The number of amidine groups is 1. The Hall–Kier alpha value is -1.82. The van der Waals surface area contributed by atoms with Gasteiger partial charge < -0.3 is 9.84 Å². The highest BCUT2D eigenvalue weighted by Gasteiger charge is 2.25. The van der Waals surface area contributed by atoms with E-state index in [0.29, 0.717) is 24.5 Å². The minimum Gasteiger partial charge on any atom is -0.442 e. The van der Waals surface area contributed by atoms with Crippen LogP contribution in [0.5, 0.6) is 0 Å². The fourth-order valence-electron chi connectivity index (χ4n) is 1.85. The molecule has 0 aliphatic heterocycles. The van der Waals surface area contributed by atoms with Gasteiger partial charge in [-0.25, -0.2) is 14.8 Å². The van der Waals surface area contributed by atoms with Crippen molar-refractivity contribution in [2.75, 3.05) is 20.2 Å². The Bertz CT molecular complexity index is 490. The number of amides is 1. The topological polar surface area (TPSA) is 65.4 Å². The van der Waals surface area contributed by atoms with Gasteiger partial charge in [0.2, 0.25) is 0 Å². The second-order valence-electron chi connectivity index (χ2n) is 6.61. The van der Waals surface area contributed by atoms with Crippen LogP contribution in [-0.4, -0.2) is 52.9 Å². The molecule has 0 radical (unpaired) electrons. The number of hydrazine groups is 1. The average molecular weight is 339 g/mol. The van der Waals surface area contributed by atoms with E-state index in [1.165, 1.54) is 5.01 Å². The molecule has 0 fully saturated rings. The zero-order valence-electron chi connectivity index (χ0n) is 16.2. The molecule has 0 saturated heterocycles. The first kappa shape index (κ1) is 22.2. The molecule has 1 amide bonds. The highest BCUT2D eigenvalue weighted by atomic mass is 16.6. The summed E-state index contributed by atoms with van der Waals surface area (Å²) < 4.78 is 5.43. The van der Waals surface area contributed by atoms with Crippen LogP contribution in [0.2, 0.25) is 0 Å². The first-order chi connectivity index (χ1) is 11.0. The summed E-state index contributed by atoms with van der Waals surface area (Å²) in [7, 11) is 1.74. The molecule has 0 rings (SSSR count). The first-order valence-corrected chi connectivity index (χ1v) is 8.29. The molecule has 0 saturated carbocycles. The van der Waals surface area contributed by atoms with Crippen molar-refractivity contribution in [3.8, 4) is 0 Å². The summed E-state index contributed by atoms with van der Waals surface area (Å²) in [5.74, 6) is 0.618. The molecule has 0 aromatic heterocycles. The largest absolute Gasteiger partial charge is 0.442 e. The maximum atomic E-state index is 12.4. The van der Waals surface area contributed by atoms with E-state index in [1.54, 1.807) is 19.0 Å². The fraction of sp³-hybridized carbons (Fsp3) is 0.667. The first-order valence-electron chi connectivity index (χ1n) is 8.29. The Morgan fingerprint density at radius 1 is 1.33 bits per heavy atom. The van der Waals surface area contributed by atoms with Crippen LogP contribution in [0.15, 0.2) is 28.9 Å². The number of carbonyl (C=O) groups excluding carboxylic acids is 1. The van der Waals surface area contributed by atoms with Crippen LogP contribution in [0.25, 0.3) is 0 Å². The Balaban J connectivity index is 5.28. The molecule has 24 heavy (non-hydrogen) atoms. The lowest BCUT2D eigenvalue weighted by Gasteiger charge is -2.34. The second-order valence-corrected chi connectivity index (χ2v) is 6.61. The maximum Gasteiger partial charge on any atom is 0.429 e. The van der Waals surface area contributed by atoms with Gasteiger partial charge in [-0.15, -0.1) is 0 Å². The third-order valence-corrected chi connectivity index (χ3v) is 3.23. The van der Waals surface area contributed by atoms with Crippen LogP contribution in [0.3, 0.4) is 0 Å². The molecule has 6 nitrogen and oxygen atoms in total. The van der Waals surface area contributed by atoms with Gasteiger partial charge in [0.1, 0.15) is 11.4 Å². The lowest BCUT2D eigenvalue weighted by atomic mass is 10.2. The standard InChI is InChI=1S/C18H33N3O3/c1-9-11-14(2)15(3)19-16(4)20(8)21(12-10-13-22)17(23)24-18(5,6)7/h11,22H,3,9-10,12-13H2,1-2,4-8H3/b14-11-,19-16?. The van der Waals surface area contributed by atoms with E-state index >= 15 is 0 Å². The molecule has 0 aliphatic rings. The van der Waals surface area contributed by atoms with Crippen molar-refractivity contribution in [1.82, 2.24) is 10.0 Å². The highest BCUT2D eigenvalue weighted by Crippen LogP contribution is 2.14. The molecule has 1 N–H and O–H groups in total. The number of allylic oxidation sites excluding steroid dienone is 2. The van der Waals surface area contributed by atoms with Crippen molar-refractivity contribution < 1.29 is 14.6 Å². The number of ether oxygens (including phenoxy) is 1. The number of hydrogen-bond donors (Lipinski definition) is 1. The summed E-state index contributed by atoms with van der Waals surface area (Å²) in [4.78, 5) is 16.9. The smallest absolute Gasteiger partial charge is 0.429 e. The van der Waals surface area contributed by atoms with Crippen LogP contribution in [-0.2, 0) is 4.74 Å². The van der Waals surface area contributed by atoms with E-state index in [-0.39, 0.29) is 6.61 Å². The molecule has 0 aliphatic carbocycles. The predicted octanol–water partition coefficient (Wildman–Crippen LogP) is 3.74. The molecule has 6 heteroatoms. The molecule has 0 aromatic carbocycles. The molecule has 0 aromatic rings. The van der Waals surface area contributed by atoms with Gasteiger partial charge in [0.25, 0.3) is 0 Å². The van der Waals surface area contributed by atoms with Crippen LogP contribution in [0, 0.1) is 0 Å². The highest BCUT2D eigenvalue weighted by molar-refractivity contribution is 5.83. The Morgan fingerprint density at radius 2 is 1.92 bits per heavy atom. The minimum atomic E-state index is -0.593. The van der Waals surface area contributed by atoms with Crippen LogP contribution in [0.1, 0.15) is 54.4 Å². The lowest BCUT2D eigenvalue weighted by molar-refractivity contribution is -0.0149. The summed E-state index contributed by atoms with van der Waals surface area (Å²) in [5.41, 5.74) is 1.07. The van der Waals surface area contributed by atoms with E-state index in [1.807, 2.05) is 27.7 Å². The normalized spacial score (nSPS) is 12.8. The molecule has 0 unspecified atom stereocenters. The number of rotatable bonds is 6. The lowest BCUT2D eigenvalue weighted by Crippen LogP contribution is -2.49. The van der Waals surface area contributed by atoms with Crippen molar-refractivity contribution in [3.63, 3.8) is 0 Å². The zero-order chi connectivity index (χ0) is 18.9. The number of aliphatic hydroxyl groups excluding tert-OH is 1. The fourth-order valence-corrected chi connectivity index (χ4v) is 1.85. The monoisotopic (exact) mass is 339 g/mol. The molecular weight excluding hydrogens is 306 g/mol. The van der Waals surface area contributed by atoms with Gasteiger partial charge in [0.05, 0.1) is 5.70 Å². The van der Waals surface area contributed by atoms with E-state index in [9.17, 15) is 4.79 Å². The van der Waals surface area contributed by atoms with Gasteiger partial charge in [-0.3, -0.25) is 5.01 Å². The molecular formula is C18H33N3O3. The van der Waals surface area contributed by atoms with Crippen molar-refractivity contribution in [3.05, 3.63) is 23.9 Å². The Kier molecular flexibility index (Phi) is 9.36. The summed E-state index contributed by atoms with van der Waals surface area (Å²) >= 11 is 0. The Morgan fingerprint density at radius 3 is 2.38 bits per heavy atom. The van der Waals surface area contributed by atoms with Gasteiger partial charge >= 0.3 is 6.09 Å². The summed E-state index contributed by atoms with van der Waals surface area (Å²) in [6.45, 7) is 15.6. The number of aliphatic imine (C=N–C) groups is 1. The molecule has 0 spiro atoms. The number of nitrogens with zero attached hydrogens (tertiary/aromatic N) is 3. The van der Waals surface area contributed by atoms with Gasteiger partial charge in [0.15, 0.2) is 0 Å². The number of carbonyl (C=O) groups is 1. The van der Waals surface area contributed by atoms with Gasteiger partial charge in [-0.1, -0.05) is 19.6 Å². The van der Waals surface area contributed by atoms with Crippen molar-refractivity contribution in [2.24, 2.45) is 4.99 Å². The molecule has 138 valence electrons. The predicted molar refractivity (Wildman–Crippen MR) is 98.7 cm³/mol. The number of hydrogen-bond acceptors (Lipinski definition) is 4. The summed E-state index contributed by atoms with van der Waals surface area (Å²) in [6.07, 6.45) is 2.94. The third-order valence-electron chi connectivity index (χ3n) is 3.23.